The van der Waals surface area contributed by atoms with Gasteiger partial charge in [-0.1, -0.05) is 0 Å². The van der Waals surface area contributed by atoms with Crippen molar-refractivity contribution in [1.29, 1.82) is 0 Å². The fraction of sp³-hybridized carbons (Fsp3) is 0.385. The van der Waals surface area contributed by atoms with Gasteiger partial charge in [0.25, 0.3) is 0 Å². The number of pyridine rings is 1. The molecule has 2 aromatic rings. The molecule has 2 aromatic heterocycles. The lowest BCUT2D eigenvalue weighted by Crippen LogP contribution is -2.07. The molecule has 0 aliphatic carbocycles. The highest BCUT2D eigenvalue weighted by Gasteiger charge is 2.18. The first-order valence-electron chi connectivity index (χ1n) is 6.04. The number of imidazole rings is 1. The van der Waals surface area contributed by atoms with E-state index in [9.17, 15) is 4.79 Å². The fourth-order valence-electron chi connectivity index (χ4n) is 2.32. The molecule has 18 heavy (non-hydrogen) atoms. The number of aromatic carboxylic acids is 1. The van der Waals surface area contributed by atoms with Crippen molar-refractivity contribution < 1.29 is 9.90 Å². The van der Waals surface area contributed by atoms with Gasteiger partial charge in [0.05, 0.1) is 11.3 Å². The quantitative estimate of drug-likeness (QED) is 0.904. The fourth-order valence-corrected chi connectivity index (χ4v) is 3.43. The molecule has 0 unspecified atom stereocenters. The van der Waals surface area contributed by atoms with Crippen molar-refractivity contribution in [3.8, 4) is 0 Å². The average molecular weight is 262 g/mol. The molecule has 0 radical (unpaired) electrons. The summed E-state index contributed by atoms with van der Waals surface area (Å²) >= 11 is 1.99. The highest BCUT2D eigenvalue weighted by Crippen LogP contribution is 2.31. The van der Waals surface area contributed by atoms with Gasteiger partial charge in [-0.15, -0.1) is 0 Å². The van der Waals surface area contributed by atoms with Crippen LogP contribution in [-0.2, 0) is 0 Å². The molecule has 1 N–H and O–H groups in total. The Morgan fingerprint density at radius 1 is 1.44 bits per heavy atom. The zero-order valence-corrected chi connectivity index (χ0v) is 10.7. The van der Waals surface area contributed by atoms with Gasteiger partial charge in [0.1, 0.15) is 5.65 Å². The van der Waals surface area contributed by atoms with Crippen LogP contribution in [0.4, 0.5) is 0 Å². The third kappa shape index (κ3) is 2.10. The summed E-state index contributed by atoms with van der Waals surface area (Å²) in [4.78, 5) is 15.5. The van der Waals surface area contributed by atoms with Gasteiger partial charge in [0.2, 0.25) is 0 Å². The standard InChI is InChI=1S/C13H14N2O2S/c16-13(17)10-1-4-15-8-11(14-12(15)7-10)9-2-5-18-6-3-9/h1,4,7-9H,2-3,5-6H2,(H,16,17). The number of nitrogens with zero attached hydrogens (tertiary/aromatic N) is 2. The molecule has 4 nitrogen and oxygen atoms in total. The summed E-state index contributed by atoms with van der Waals surface area (Å²) in [7, 11) is 0. The molecule has 1 aliphatic rings. The molecule has 3 rings (SSSR count). The number of fused-ring (bicyclic) bond motifs is 1. The van der Waals surface area contributed by atoms with E-state index in [1.54, 1.807) is 18.3 Å². The Labute approximate surface area is 109 Å². The second-order valence-corrected chi connectivity index (χ2v) is 5.76. The summed E-state index contributed by atoms with van der Waals surface area (Å²) in [6.07, 6.45) is 6.13. The zero-order chi connectivity index (χ0) is 12.5. The Balaban J connectivity index is 1.97. The molecule has 0 atom stereocenters. The van der Waals surface area contributed by atoms with Gasteiger partial charge in [-0.3, -0.25) is 0 Å². The van der Waals surface area contributed by atoms with Crippen LogP contribution in [0.1, 0.15) is 34.8 Å². The Morgan fingerprint density at radius 3 is 2.94 bits per heavy atom. The van der Waals surface area contributed by atoms with Gasteiger partial charge in [0.15, 0.2) is 0 Å². The molecule has 94 valence electrons. The number of carboxylic acids is 1. The molecular weight excluding hydrogens is 248 g/mol. The number of thioether (sulfide) groups is 1. The van der Waals surface area contributed by atoms with Crippen LogP contribution >= 0.6 is 11.8 Å². The minimum Gasteiger partial charge on any atom is -0.478 e. The van der Waals surface area contributed by atoms with Crippen molar-refractivity contribution in [3.05, 3.63) is 35.8 Å². The van der Waals surface area contributed by atoms with Crippen LogP contribution in [0.25, 0.3) is 5.65 Å². The average Bonchev–Trinajstić information content (AvgIpc) is 2.82. The molecule has 3 heterocycles. The molecule has 0 saturated carbocycles. The molecule has 1 aliphatic heterocycles. The van der Waals surface area contributed by atoms with Crippen molar-refractivity contribution >= 4 is 23.4 Å². The molecule has 0 amide bonds. The number of carboxylic acid groups (broad SMARTS) is 1. The summed E-state index contributed by atoms with van der Waals surface area (Å²) in [6, 6.07) is 3.24. The molecule has 1 fully saturated rings. The minimum atomic E-state index is -0.906. The van der Waals surface area contributed by atoms with Gasteiger partial charge in [0, 0.05) is 18.3 Å². The highest BCUT2D eigenvalue weighted by atomic mass is 32.2. The highest BCUT2D eigenvalue weighted by molar-refractivity contribution is 7.99. The van der Waals surface area contributed by atoms with E-state index < -0.39 is 5.97 Å². The van der Waals surface area contributed by atoms with E-state index in [0.29, 0.717) is 11.5 Å². The monoisotopic (exact) mass is 262 g/mol. The van der Waals surface area contributed by atoms with Crippen LogP contribution in [-0.4, -0.2) is 32.0 Å². The number of carbonyl (C=O) groups is 1. The van der Waals surface area contributed by atoms with Crippen LogP contribution in [0.3, 0.4) is 0 Å². The predicted molar refractivity (Wildman–Crippen MR) is 71.5 cm³/mol. The predicted octanol–water partition coefficient (Wildman–Crippen LogP) is 2.64. The molecule has 0 bridgehead atoms. The molecule has 0 aromatic carbocycles. The number of hydrogen-bond acceptors (Lipinski definition) is 3. The van der Waals surface area contributed by atoms with Gasteiger partial charge in [-0.25, -0.2) is 9.78 Å². The molecular formula is C13H14N2O2S. The van der Waals surface area contributed by atoms with Crippen molar-refractivity contribution in [2.45, 2.75) is 18.8 Å². The maximum atomic E-state index is 10.9. The van der Waals surface area contributed by atoms with Crippen molar-refractivity contribution in [2.75, 3.05) is 11.5 Å². The van der Waals surface area contributed by atoms with Crippen molar-refractivity contribution in [2.24, 2.45) is 0 Å². The summed E-state index contributed by atoms with van der Waals surface area (Å²) in [5, 5.41) is 8.96. The summed E-state index contributed by atoms with van der Waals surface area (Å²) in [5.41, 5.74) is 2.11. The number of aromatic nitrogens is 2. The first-order chi connectivity index (χ1) is 8.74. The Hall–Kier alpha value is -1.49. The van der Waals surface area contributed by atoms with Gasteiger partial charge in [-0.2, -0.15) is 11.8 Å². The van der Waals surface area contributed by atoms with Gasteiger partial charge < -0.3 is 9.51 Å². The minimum absolute atomic E-state index is 0.291. The Morgan fingerprint density at radius 2 is 2.22 bits per heavy atom. The summed E-state index contributed by atoms with van der Waals surface area (Å²) in [6.45, 7) is 0. The van der Waals surface area contributed by atoms with E-state index in [4.69, 9.17) is 5.11 Å². The summed E-state index contributed by atoms with van der Waals surface area (Å²) in [5.74, 6) is 2.01. The van der Waals surface area contributed by atoms with E-state index in [1.807, 2.05) is 22.4 Å². The Kier molecular flexibility index (Phi) is 2.99. The number of hydrogen-bond donors (Lipinski definition) is 1. The largest absolute Gasteiger partial charge is 0.478 e. The lowest BCUT2D eigenvalue weighted by atomic mass is 10.00. The lowest BCUT2D eigenvalue weighted by Gasteiger charge is -2.18. The van der Waals surface area contributed by atoms with E-state index >= 15 is 0 Å². The van der Waals surface area contributed by atoms with Crippen molar-refractivity contribution in [1.82, 2.24) is 9.38 Å². The van der Waals surface area contributed by atoms with Crippen LogP contribution < -0.4 is 0 Å². The molecule has 1 saturated heterocycles. The first kappa shape index (κ1) is 11.6. The van der Waals surface area contributed by atoms with Crippen molar-refractivity contribution in [3.63, 3.8) is 0 Å². The maximum Gasteiger partial charge on any atom is 0.335 e. The lowest BCUT2D eigenvalue weighted by molar-refractivity contribution is 0.0697. The van der Waals surface area contributed by atoms with Crippen LogP contribution in [0.5, 0.6) is 0 Å². The second kappa shape index (κ2) is 4.65. The van der Waals surface area contributed by atoms with E-state index in [0.717, 1.165) is 11.3 Å². The molecule has 5 heteroatoms. The smallest absolute Gasteiger partial charge is 0.335 e. The number of rotatable bonds is 2. The SMILES string of the molecule is O=C(O)c1ccn2cc(C3CCSCC3)nc2c1. The van der Waals surface area contributed by atoms with Crippen LogP contribution in [0.2, 0.25) is 0 Å². The van der Waals surface area contributed by atoms with E-state index in [2.05, 4.69) is 4.98 Å². The Bertz CT molecular complexity index is 588. The molecule has 0 spiro atoms. The third-order valence-electron chi connectivity index (χ3n) is 3.37. The second-order valence-electron chi connectivity index (χ2n) is 4.54. The van der Waals surface area contributed by atoms with Crippen LogP contribution in [0.15, 0.2) is 24.5 Å². The first-order valence-corrected chi connectivity index (χ1v) is 7.19. The normalized spacial score (nSPS) is 17.1. The summed E-state index contributed by atoms with van der Waals surface area (Å²) < 4.78 is 1.91. The zero-order valence-electron chi connectivity index (χ0n) is 9.87. The van der Waals surface area contributed by atoms with E-state index in [1.165, 1.54) is 24.3 Å². The van der Waals surface area contributed by atoms with Gasteiger partial charge in [-0.05, 0) is 36.5 Å². The van der Waals surface area contributed by atoms with Gasteiger partial charge >= 0.3 is 5.97 Å². The maximum absolute atomic E-state index is 10.9. The van der Waals surface area contributed by atoms with Crippen LogP contribution in [0, 0.1) is 0 Å². The third-order valence-corrected chi connectivity index (χ3v) is 4.41. The van der Waals surface area contributed by atoms with E-state index in [-0.39, 0.29) is 0 Å². The topological polar surface area (TPSA) is 54.6 Å².